The molecule has 0 aromatic carbocycles. The lowest BCUT2D eigenvalue weighted by molar-refractivity contribution is 0.690. The predicted octanol–water partition coefficient (Wildman–Crippen LogP) is 2.06. The Labute approximate surface area is 155 Å². The number of nitrogens with zero attached hydrogens (tertiary/aromatic N) is 5. The molecule has 8 heteroatoms. The van der Waals surface area contributed by atoms with Gasteiger partial charge in [0.25, 0.3) is 5.56 Å². The number of rotatable bonds is 6. The molecular weight excluding hydrogens is 350 g/mol. The average molecular weight is 371 g/mol. The molecule has 0 aliphatic rings. The Morgan fingerprint density at radius 2 is 1.96 bits per heavy atom. The lowest BCUT2D eigenvalue weighted by atomic mass is 10.2. The van der Waals surface area contributed by atoms with E-state index in [-0.39, 0.29) is 11.2 Å². The predicted molar refractivity (Wildman–Crippen MR) is 102 cm³/mol. The van der Waals surface area contributed by atoms with Crippen LogP contribution in [0.5, 0.6) is 0 Å². The number of hydrogen-bond donors (Lipinski definition) is 0. The van der Waals surface area contributed by atoms with Gasteiger partial charge in [0.15, 0.2) is 5.65 Å². The number of aromatic nitrogens is 5. The van der Waals surface area contributed by atoms with Crippen LogP contribution < -0.4 is 11.2 Å². The van der Waals surface area contributed by atoms with Crippen molar-refractivity contribution >= 4 is 22.8 Å². The van der Waals surface area contributed by atoms with Gasteiger partial charge in [-0.25, -0.2) is 14.8 Å². The molecule has 0 atom stereocenters. The molecule has 3 rings (SSSR count). The van der Waals surface area contributed by atoms with Crippen molar-refractivity contribution in [2.75, 3.05) is 0 Å². The van der Waals surface area contributed by atoms with Crippen LogP contribution in [0.1, 0.15) is 31.2 Å². The van der Waals surface area contributed by atoms with Crippen LogP contribution in [0, 0.1) is 0 Å². The standard InChI is InChI=1S/C18H21N5O2S/c1-4-5-8-13-20-15-14(17(24)23(3)18(25)22(15)2)16(21-13)26-11-12-7-6-9-19-10-12/h6-7,9-10H,4-5,8,11H2,1-3H3. The fraction of sp³-hybridized carbons (Fsp3) is 0.389. The summed E-state index contributed by atoms with van der Waals surface area (Å²) in [5.74, 6) is 1.30. The molecule has 136 valence electrons. The van der Waals surface area contributed by atoms with Crippen LogP contribution in [0.4, 0.5) is 0 Å². The average Bonchev–Trinajstić information content (AvgIpc) is 2.67. The molecule has 0 spiro atoms. The summed E-state index contributed by atoms with van der Waals surface area (Å²) in [7, 11) is 3.11. The van der Waals surface area contributed by atoms with Gasteiger partial charge in [-0.15, -0.1) is 11.8 Å². The van der Waals surface area contributed by atoms with Crippen molar-refractivity contribution in [2.45, 2.75) is 37.0 Å². The Morgan fingerprint density at radius 3 is 2.65 bits per heavy atom. The minimum Gasteiger partial charge on any atom is -0.280 e. The van der Waals surface area contributed by atoms with E-state index in [9.17, 15) is 9.59 Å². The molecule has 7 nitrogen and oxygen atoms in total. The SMILES string of the molecule is CCCCc1nc(SCc2cccnc2)c2c(=O)n(C)c(=O)n(C)c2n1. The Kier molecular flexibility index (Phi) is 5.51. The van der Waals surface area contributed by atoms with Crippen LogP contribution in [-0.4, -0.2) is 24.1 Å². The van der Waals surface area contributed by atoms with E-state index < -0.39 is 0 Å². The normalized spacial score (nSPS) is 11.2. The zero-order chi connectivity index (χ0) is 18.7. The first-order valence-electron chi connectivity index (χ1n) is 8.51. The van der Waals surface area contributed by atoms with Gasteiger partial charge in [-0.3, -0.25) is 18.9 Å². The maximum atomic E-state index is 12.7. The van der Waals surface area contributed by atoms with Gasteiger partial charge in [0, 0.05) is 38.7 Å². The Balaban J connectivity index is 2.14. The lowest BCUT2D eigenvalue weighted by Gasteiger charge is -2.11. The molecule has 0 fully saturated rings. The Hall–Kier alpha value is -2.48. The van der Waals surface area contributed by atoms with Gasteiger partial charge in [-0.05, 0) is 18.1 Å². The number of unbranched alkanes of at least 4 members (excludes halogenated alkanes) is 1. The number of pyridine rings is 1. The Bertz CT molecular complexity index is 1040. The molecule has 0 N–H and O–H groups in total. The molecular formula is C18H21N5O2S. The lowest BCUT2D eigenvalue weighted by Crippen LogP contribution is -2.37. The highest BCUT2D eigenvalue weighted by Gasteiger charge is 2.17. The summed E-state index contributed by atoms with van der Waals surface area (Å²) >= 11 is 1.47. The summed E-state index contributed by atoms with van der Waals surface area (Å²) in [4.78, 5) is 38.2. The first-order valence-corrected chi connectivity index (χ1v) is 9.49. The van der Waals surface area contributed by atoms with Crippen LogP contribution in [0.3, 0.4) is 0 Å². The highest BCUT2D eigenvalue weighted by Crippen LogP contribution is 2.25. The minimum absolute atomic E-state index is 0.362. The van der Waals surface area contributed by atoms with E-state index in [0.717, 1.165) is 29.4 Å². The summed E-state index contributed by atoms with van der Waals surface area (Å²) < 4.78 is 2.52. The van der Waals surface area contributed by atoms with Gasteiger partial charge in [0.05, 0.1) is 0 Å². The van der Waals surface area contributed by atoms with Gasteiger partial charge in [0.1, 0.15) is 16.2 Å². The third-order valence-corrected chi connectivity index (χ3v) is 5.21. The maximum absolute atomic E-state index is 12.7. The largest absolute Gasteiger partial charge is 0.332 e. The van der Waals surface area contributed by atoms with Gasteiger partial charge in [-0.2, -0.15) is 0 Å². The number of aryl methyl sites for hydroxylation is 2. The zero-order valence-electron chi connectivity index (χ0n) is 15.1. The molecule has 0 bridgehead atoms. The fourth-order valence-corrected chi connectivity index (χ4v) is 3.63. The topological polar surface area (TPSA) is 82.7 Å². The third kappa shape index (κ3) is 3.55. The molecule has 0 radical (unpaired) electrons. The van der Waals surface area contributed by atoms with Gasteiger partial charge in [-0.1, -0.05) is 19.4 Å². The van der Waals surface area contributed by atoms with Crippen LogP contribution in [0.2, 0.25) is 0 Å². The smallest absolute Gasteiger partial charge is 0.280 e. The van der Waals surface area contributed by atoms with Crippen molar-refractivity contribution in [3.8, 4) is 0 Å². The molecule has 0 unspecified atom stereocenters. The first-order chi connectivity index (χ1) is 12.5. The molecule has 0 aliphatic heterocycles. The second-order valence-electron chi connectivity index (χ2n) is 6.10. The van der Waals surface area contributed by atoms with E-state index in [1.54, 1.807) is 19.4 Å². The summed E-state index contributed by atoms with van der Waals surface area (Å²) in [6.45, 7) is 2.10. The van der Waals surface area contributed by atoms with Crippen molar-refractivity contribution in [3.63, 3.8) is 0 Å². The molecule has 0 saturated heterocycles. The van der Waals surface area contributed by atoms with Gasteiger partial charge >= 0.3 is 5.69 Å². The van der Waals surface area contributed by atoms with Crippen molar-refractivity contribution in [2.24, 2.45) is 14.1 Å². The van der Waals surface area contributed by atoms with Gasteiger partial charge in [0.2, 0.25) is 0 Å². The highest BCUT2D eigenvalue weighted by molar-refractivity contribution is 7.98. The Morgan fingerprint density at radius 1 is 1.15 bits per heavy atom. The summed E-state index contributed by atoms with van der Waals surface area (Å²) in [6.07, 6.45) is 6.22. The fourth-order valence-electron chi connectivity index (χ4n) is 2.66. The number of hydrogen-bond acceptors (Lipinski definition) is 6. The van der Waals surface area contributed by atoms with Crippen molar-refractivity contribution in [1.29, 1.82) is 0 Å². The minimum atomic E-state index is -0.383. The summed E-state index contributed by atoms with van der Waals surface area (Å²) in [5.41, 5.74) is 0.693. The number of fused-ring (bicyclic) bond motifs is 1. The monoisotopic (exact) mass is 371 g/mol. The first kappa shape index (κ1) is 18.3. The van der Waals surface area contributed by atoms with Crippen LogP contribution >= 0.6 is 11.8 Å². The molecule has 0 aliphatic carbocycles. The van der Waals surface area contributed by atoms with E-state index in [2.05, 4.69) is 21.9 Å². The molecule has 26 heavy (non-hydrogen) atoms. The molecule has 3 aromatic heterocycles. The zero-order valence-corrected chi connectivity index (χ0v) is 15.9. The van der Waals surface area contributed by atoms with Crippen LogP contribution in [0.15, 0.2) is 39.1 Å². The third-order valence-electron chi connectivity index (χ3n) is 4.17. The van der Waals surface area contributed by atoms with E-state index >= 15 is 0 Å². The van der Waals surface area contributed by atoms with E-state index in [0.29, 0.717) is 27.6 Å². The van der Waals surface area contributed by atoms with E-state index in [4.69, 9.17) is 0 Å². The van der Waals surface area contributed by atoms with E-state index in [1.807, 2.05) is 12.1 Å². The van der Waals surface area contributed by atoms with Crippen molar-refractivity contribution in [3.05, 3.63) is 56.8 Å². The van der Waals surface area contributed by atoms with Crippen molar-refractivity contribution < 1.29 is 0 Å². The molecule has 3 aromatic rings. The highest BCUT2D eigenvalue weighted by atomic mass is 32.2. The quantitative estimate of drug-likeness (QED) is 0.487. The summed E-state index contributed by atoms with van der Waals surface area (Å²) in [6, 6.07) is 3.86. The molecule has 3 heterocycles. The maximum Gasteiger partial charge on any atom is 0.332 e. The number of thioether (sulfide) groups is 1. The molecule has 0 saturated carbocycles. The summed E-state index contributed by atoms with van der Waals surface area (Å²) in [5, 5.41) is 1.00. The van der Waals surface area contributed by atoms with E-state index in [1.165, 1.54) is 23.4 Å². The van der Waals surface area contributed by atoms with Crippen LogP contribution in [-0.2, 0) is 26.3 Å². The van der Waals surface area contributed by atoms with Gasteiger partial charge < -0.3 is 0 Å². The molecule has 0 amide bonds. The second kappa shape index (κ2) is 7.82. The second-order valence-corrected chi connectivity index (χ2v) is 7.07. The van der Waals surface area contributed by atoms with Crippen LogP contribution in [0.25, 0.3) is 11.0 Å². The van der Waals surface area contributed by atoms with Crippen molar-refractivity contribution in [1.82, 2.24) is 24.1 Å².